The van der Waals surface area contributed by atoms with Gasteiger partial charge < -0.3 is 69.1 Å². The number of carbonyl (C=O) groups excluding carboxylic acids is 7. The van der Waals surface area contributed by atoms with Gasteiger partial charge in [-0.15, -0.1) is 12.4 Å². The maximum atomic E-state index is 12.4. The topological polar surface area (TPSA) is 274 Å². The number of nitrogens with two attached hydrogens (primary N) is 1. The number of nitrogens with one attached hydrogen (secondary N) is 3. The second kappa shape index (κ2) is 50.2. The lowest BCUT2D eigenvalue weighted by Crippen LogP contribution is -2.41. The zero-order chi connectivity index (χ0) is 84.7. The van der Waals surface area contributed by atoms with Crippen LogP contribution in [0.2, 0.25) is 0 Å². The summed E-state index contributed by atoms with van der Waals surface area (Å²) in [6.07, 6.45) is 5.23. The van der Waals surface area contributed by atoms with Crippen LogP contribution in [-0.2, 0) is 78.0 Å². The predicted molar refractivity (Wildman–Crippen MR) is 461 cm³/mol. The number of hydrogen-bond acceptors (Lipinski definition) is 18. The summed E-state index contributed by atoms with van der Waals surface area (Å²) in [6.45, 7) is 31.7. The molecule has 0 aromatic heterocycles. The standard InChI is InChI=1S/C26H35NO5.C26H33NO5.C21H27NO3.C19H26BrNO4.ClH/c2*1-7-31-24(28)18(2)16-21(27-25(29)32-26(3,4)5)17-19-12-14-20(15-13-19)22-10-8-9-11-23(22)30-6;1-4-25-21(23)15(2)13-18(22)14-16-9-11-17(12-10-16)19-7-5-6-8-20(19)24-3;1-6-24-17(22)13(2)11-16(21-18(23)25-19(3,4)5)12-14-7-9-15(20)10-8-14;/h8-15,18,21H,7,16-17H2,1-6H3,(H,27,29);8-16,21H,7,17H2,1-6H3,(H,27,29);5-12,15,18H,4,13-14,22H2,1-3H3;7-11,16H,6,12H2,1-5H3,(H,21,23);1H/b;18-16+;;13-11+;/t18?,21-;21-;15?,18-;16-;/m0000./s1. The van der Waals surface area contributed by atoms with Crippen molar-refractivity contribution in [2.24, 2.45) is 17.6 Å². The van der Waals surface area contributed by atoms with Crippen LogP contribution in [0.1, 0.15) is 153 Å². The third-order valence-electron chi connectivity index (χ3n) is 16.8. The number of ether oxygens (including phenoxy) is 10. The number of benzene rings is 7. The van der Waals surface area contributed by atoms with Crippen molar-refractivity contribution >= 4 is 70.5 Å². The zero-order valence-electron chi connectivity index (χ0n) is 70.7. The van der Waals surface area contributed by atoms with Crippen molar-refractivity contribution in [1.82, 2.24) is 16.0 Å². The van der Waals surface area contributed by atoms with Crippen LogP contribution in [0.25, 0.3) is 33.4 Å². The van der Waals surface area contributed by atoms with Crippen molar-refractivity contribution in [3.05, 3.63) is 220 Å². The minimum absolute atomic E-state index is 0. The van der Waals surface area contributed by atoms with Crippen LogP contribution < -0.4 is 35.9 Å². The van der Waals surface area contributed by atoms with Crippen LogP contribution in [-0.4, -0.2) is 131 Å². The molecule has 6 atom stereocenters. The second-order valence-corrected chi connectivity index (χ2v) is 31.1. The number of esters is 4. The summed E-state index contributed by atoms with van der Waals surface area (Å²) in [5.74, 6) is 0.704. The maximum Gasteiger partial charge on any atom is 0.408 e. The van der Waals surface area contributed by atoms with E-state index in [4.69, 9.17) is 53.1 Å². The Bertz CT molecular complexity index is 4210. The van der Waals surface area contributed by atoms with Gasteiger partial charge in [0.15, 0.2) is 0 Å². The average molecular weight is 1670 g/mol. The van der Waals surface area contributed by atoms with Crippen LogP contribution in [0.15, 0.2) is 198 Å². The van der Waals surface area contributed by atoms with Gasteiger partial charge in [-0.05, 0) is 212 Å². The lowest BCUT2D eigenvalue weighted by molar-refractivity contribution is -0.148. The van der Waals surface area contributed by atoms with E-state index in [0.717, 1.165) is 83.8 Å². The number of methoxy groups -OCH3 is 3. The second-order valence-electron chi connectivity index (χ2n) is 30.2. The Kier molecular flexibility index (Phi) is 43.3. The largest absolute Gasteiger partial charge is 0.496 e. The monoisotopic (exact) mass is 1670 g/mol. The highest BCUT2D eigenvalue weighted by Crippen LogP contribution is 2.33. The van der Waals surface area contributed by atoms with Crippen LogP contribution in [0.3, 0.4) is 0 Å². The molecule has 0 heterocycles. The third kappa shape index (κ3) is 38.2. The molecule has 23 heteroatoms. The Labute approximate surface area is 696 Å². The Morgan fingerprint density at radius 3 is 1.00 bits per heavy atom. The van der Waals surface area contributed by atoms with Crippen LogP contribution in [0, 0.1) is 11.8 Å². The molecule has 7 aromatic rings. The highest BCUT2D eigenvalue weighted by Gasteiger charge is 2.27. The van der Waals surface area contributed by atoms with Crippen molar-refractivity contribution in [2.45, 2.75) is 197 Å². The zero-order valence-corrected chi connectivity index (χ0v) is 73.1. The van der Waals surface area contributed by atoms with Crippen molar-refractivity contribution in [3.63, 3.8) is 0 Å². The lowest BCUT2D eigenvalue weighted by atomic mass is 9.95. The van der Waals surface area contributed by atoms with Gasteiger partial charge in [0.05, 0.1) is 71.7 Å². The highest BCUT2D eigenvalue weighted by molar-refractivity contribution is 9.10. The van der Waals surface area contributed by atoms with E-state index >= 15 is 0 Å². The molecule has 7 aromatic carbocycles. The molecule has 0 aliphatic carbocycles. The van der Waals surface area contributed by atoms with Crippen molar-refractivity contribution in [3.8, 4) is 50.6 Å². The minimum Gasteiger partial charge on any atom is -0.496 e. The van der Waals surface area contributed by atoms with E-state index in [9.17, 15) is 33.6 Å². The summed E-state index contributed by atoms with van der Waals surface area (Å²) in [5, 5.41) is 8.58. The molecule has 7 rings (SSSR count). The van der Waals surface area contributed by atoms with Crippen molar-refractivity contribution < 1.29 is 80.9 Å². The predicted octanol–water partition coefficient (Wildman–Crippen LogP) is 19.3. The van der Waals surface area contributed by atoms with Gasteiger partial charge in [0.1, 0.15) is 34.1 Å². The summed E-state index contributed by atoms with van der Waals surface area (Å²) in [4.78, 5) is 84.6. The summed E-state index contributed by atoms with van der Waals surface area (Å²) >= 11 is 3.40. The first-order valence-electron chi connectivity index (χ1n) is 38.6. The molecular weight excluding hydrogens is 1550 g/mol. The van der Waals surface area contributed by atoms with Crippen LogP contribution in [0.4, 0.5) is 14.4 Å². The van der Waals surface area contributed by atoms with Gasteiger partial charge >= 0.3 is 42.2 Å². The Morgan fingerprint density at radius 1 is 0.400 bits per heavy atom. The number of alkyl carbamates (subject to hydrolysis) is 3. The van der Waals surface area contributed by atoms with Gasteiger partial charge in [0, 0.05) is 44.4 Å². The molecule has 0 radical (unpaired) electrons. The van der Waals surface area contributed by atoms with E-state index < -0.39 is 53.1 Å². The molecule has 0 bridgehead atoms. The van der Waals surface area contributed by atoms with Gasteiger partial charge in [-0.1, -0.05) is 181 Å². The fraction of sp³-hybridized carbons (Fsp3) is 0.424. The van der Waals surface area contributed by atoms with Crippen LogP contribution >= 0.6 is 28.3 Å². The molecule has 0 aliphatic rings. The smallest absolute Gasteiger partial charge is 0.408 e. The van der Waals surface area contributed by atoms with Crippen molar-refractivity contribution in [2.75, 3.05) is 47.8 Å². The van der Waals surface area contributed by atoms with Crippen LogP contribution in [0.5, 0.6) is 17.2 Å². The molecule has 0 saturated carbocycles. The van der Waals surface area contributed by atoms with E-state index in [1.807, 2.05) is 187 Å². The Hall–Kier alpha value is -10.2. The summed E-state index contributed by atoms with van der Waals surface area (Å²) < 4.78 is 53.7. The third-order valence-corrected chi connectivity index (χ3v) is 17.3. The lowest BCUT2D eigenvalue weighted by Gasteiger charge is -2.25. The van der Waals surface area contributed by atoms with Crippen molar-refractivity contribution in [1.29, 1.82) is 0 Å². The number of halogens is 2. The van der Waals surface area contributed by atoms with Gasteiger partial charge in [0.25, 0.3) is 0 Å². The van der Waals surface area contributed by atoms with E-state index in [0.29, 0.717) is 69.7 Å². The molecule has 3 amide bonds. The average Bonchev–Trinajstić information content (AvgIpc) is 0.843. The maximum absolute atomic E-state index is 12.4. The molecule has 2 unspecified atom stereocenters. The first-order chi connectivity index (χ1) is 53.9. The normalized spacial score (nSPS) is 12.9. The summed E-state index contributed by atoms with van der Waals surface area (Å²) in [7, 11) is 4.99. The van der Waals surface area contributed by atoms with Gasteiger partial charge in [-0.2, -0.15) is 0 Å². The number of hydrogen-bond donors (Lipinski definition) is 4. The first-order valence-corrected chi connectivity index (χ1v) is 39.4. The molecule has 115 heavy (non-hydrogen) atoms. The fourth-order valence-electron chi connectivity index (χ4n) is 11.7. The molecular formula is C92H122BrClN4O17. The van der Waals surface area contributed by atoms with Gasteiger partial charge in [-0.3, -0.25) is 9.59 Å². The number of amides is 3. The van der Waals surface area contributed by atoms with E-state index in [1.165, 1.54) is 0 Å². The molecule has 21 nitrogen and oxygen atoms in total. The SMILES string of the molecule is CCOC(=O)/C(C)=C/[C@@H](Cc1ccc(-c2ccccc2OC)cc1)NC(=O)OC(C)(C)C.CCOC(=O)/C(C)=C/[C@@H](Cc1ccc(Br)cc1)NC(=O)OC(C)(C)C.CCOC(=O)C(C)C[C@@H](Cc1ccc(-c2ccccc2OC)cc1)NC(=O)OC(C)(C)C.CCOC(=O)C(C)C[C@H](N)Cc1ccc(-c2ccccc2OC)cc1.Cl. The molecule has 0 saturated heterocycles. The number of rotatable bonds is 31. The van der Waals surface area contributed by atoms with Gasteiger partial charge in [-0.25, -0.2) is 24.0 Å². The molecule has 0 fully saturated rings. The number of para-hydroxylation sites is 3. The fourth-order valence-corrected chi connectivity index (χ4v) is 11.9. The minimum atomic E-state index is -0.620. The number of carbonyl (C=O) groups is 7. The Balaban J connectivity index is 0.000000398. The van der Waals surface area contributed by atoms with E-state index in [2.05, 4.69) is 56.1 Å². The van der Waals surface area contributed by atoms with Gasteiger partial charge in [0.2, 0.25) is 0 Å². The summed E-state index contributed by atoms with van der Waals surface area (Å²) in [6, 6.07) is 54.7. The summed E-state index contributed by atoms with van der Waals surface area (Å²) in [5.41, 5.74) is 15.8. The Morgan fingerprint density at radius 2 is 0.687 bits per heavy atom. The van der Waals surface area contributed by atoms with E-state index in [-0.39, 0.29) is 54.3 Å². The molecule has 0 spiro atoms. The van der Waals surface area contributed by atoms with E-state index in [1.54, 1.807) is 110 Å². The molecule has 5 N–H and O–H groups in total. The highest BCUT2D eigenvalue weighted by atomic mass is 79.9. The first kappa shape index (κ1) is 99.0. The molecule has 626 valence electrons. The quantitative estimate of drug-likeness (QED) is 0.0179. The molecule has 0 aliphatic heterocycles.